The van der Waals surface area contributed by atoms with E-state index in [4.69, 9.17) is 9.84 Å². The molecule has 1 aromatic rings. The predicted octanol–water partition coefficient (Wildman–Crippen LogP) is 1.67. The Kier molecular flexibility index (Phi) is 4.40. The number of carboxylic acid groups (broad SMARTS) is 1. The van der Waals surface area contributed by atoms with Crippen molar-refractivity contribution in [3.63, 3.8) is 0 Å². The molecule has 1 aromatic carbocycles. The summed E-state index contributed by atoms with van der Waals surface area (Å²) in [6, 6.07) is 3.01. The van der Waals surface area contributed by atoms with Crippen molar-refractivity contribution in [1.29, 1.82) is 0 Å². The van der Waals surface area contributed by atoms with Gasteiger partial charge in [0.2, 0.25) is 0 Å². The van der Waals surface area contributed by atoms with Gasteiger partial charge in [-0.3, -0.25) is 9.59 Å². The summed E-state index contributed by atoms with van der Waals surface area (Å²) in [5.41, 5.74) is 0. The fraction of sp³-hybridized carbons (Fsp3) is 0.429. The van der Waals surface area contributed by atoms with Crippen LogP contribution in [0.4, 0.5) is 8.78 Å². The summed E-state index contributed by atoms with van der Waals surface area (Å²) in [5, 5.41) is 8.90. The molecule has 0 spiro atoms. The molecule has 0 saturated carbocycles. The molecule has 2 unspecified atom stereocenters. The van der Waals surface area contributed by atoms with E-state index in [0.29, 0.717) is 13.0 Å². The monoisotopic (exact) mass is 299 g/mol. The van der Waals surface area contributed by atoms with Crippen molar-refractivity contribution in [1.82, 2.24) is 4.90 Å². The highest BCUT2D eigenvalue weighted by molar-refractivity contribution is 5.82. The molecule has 7 heteroatoms. The highest BCUT2D eigenvalue weighted by Gasteiger charge is 2.33. The lowest BCUT2D eigenvalue weighted by Crippen LogP contribution is -2.39. The molecule has 114 valence electrons. The molecule has 2 rings (SSSR count). The van der Waals surface area contributed by atoms with Crippen LogP contribution in [0.5, 0.6) is 5.75 Å². The van der Waals surface area contributed by atoms with Crippen molar-refractivity contribution in [3.05, 3.63) is 29.8 Å². The van der Waals surface area contributed by atoms with Crippen molar-refractivity contribution >= 4 is 11.9 Å². The zero-order valence-electron chi connectivity index (χ0n) is 11.4. The minimum Gasteiger partial charge on any atom is -0.481 e. The molecule has 0 aliphatic carbocycles. The van der Waals surface area contributed by atoms with Gasteiger partial charge in [-0.05, 0) is 25.5 Å². The van der Waals surface area contributed by atoms with Crippen molar-refractivity contribution in [2.75, 3.05) is 13.1 Å². The van der Waals surface area contributed by atoms with Crippen LogP contribution in [0, 0.1) is 17.6 Å². The van der Waals surface area contributed by atoms with Crippen molar-refractivity contribution < 1.29 is 28.2 Å². The Labute approximate surface area is 120 Å². The second kappa shape index (κ2) is 6.07. The Hall–Kier alpha value is -2.18. The molecular weight excluding hydrogens is 284 g/mol. The van der Waals surface area contributed by atoms with E-state index in [1.807, 2.05) is 0 Å². The van der Waals surface area contributed by atoms with Crippen LogP contribution in [0.3, 0.4) is 0 Å². The number of hydrogen-bond acceptors (Lipinski definition) is 3. The zero-order valence-corrected chi connectivity index (χ0v) is 11.4. The number of hydrogen-bond donors (Lipinski definition) is 1. The molecule has 5 nitrogen and oxygen atoms in total. The lowest BCUT2D eigenvalue weighted by molar-refractivity contribution is -0.142. The Morgan fingerprint density at radius 1 is 1.38 bits per heavy atom. The van der Waals surface area contributed by atoms with E-state index in [1.165, 1.54) is 17.9 Å². The smallest absolute Gasteiger partial charge is 0.308 e. The molecule has 1 amide bonds. The standard InChI is InChI=1S/C14H15F2NO4/c1-8(21-10-2-3-11(15)12(16)6-10)13(18)17-5-4-9(7-17)14(19)20/h2-3,6,8-9H,4-5,7H2,1H3,(H,19,20). The van der Waals surface area contributed by atoms with Crippen LogP contribution < -0.4 is 4.74 Å². The Morgan fingerprint density at radius 3 is 2.67 bits per heavy atom. The fourth-order valence-corrected chi connectivity index (χ4v) is 2.22. The Morgan fingerprint density at radius 2 is 2.10 bits per heavy atom. The fourth-order valence-electron chi connectivity index (χ4n) is 2.22. The molecule has 2 atom stereocenters. The van der Waals surface area contributed by atoms with Crippen LogP contribution in [0.1, 0.15) is 13.3 Å². The summed E-state index contributed by atoms with van der Waals surface area (Å²) in [5.74, 6) is -3.87. The minimum absolute atomic E-state index is 0.0451. The number of carboxylic acids is 1. The highest BCUT2D eigenvalue weighted by Crippen LogP contribution is 2.20. The highest BCUT2D eigenvalue weighted by atomic mass is 19.2. The van der Waals surface area contributed by atoms with Gasteiger partial charge in [0.25, 0.3) is 5.91 Å². The molecule has 1 N–H and O–H groups in total. The van der Waals surface area contributed by atoms with Crippen molar-refractivity contribution in [3.8, 4) is 5.75 Å². The predicted molar refractivity (Wildman–Crippen MR) is 68.8 cm³/mol. The molecule has 0 bridgehead atoms. The number of rotatable bonds is 4. The molecular formula is C14H15F2NO4. The van der Waals surface area contributed by atoms with Crippen LogP contribution >= 0.6 is 0 Å². The first-order chi connectivity index (χ1) is 9.88. The molecule has 21 heavy (non-hydrogen) atoms. The topological polar surface area (TPSA) is 66.8 Å². The normalized spacial score (nSPS) is 19.4. The largest absolute Gasteiger partial charge is 0.481 e. The number of aliphatic carboxylic acids is 1. The molecule has 0 aromatic heterocycles. The van der Waals surface area contributed by atoms with Crippen molar-refractivity contribution in [2.24, 2.45) is 5.92 Å². The number of amides is 1. The number of carbonyl (C=O) groups is 2. The number of carbonyl (C=O) groups excluding carboxylic acids is 1. The molecule has 1 aliphatic heterocycles. The number of halogens is 2. The molecule has 1 aliphatic rings. The van der Waals surface area contributed by atoms with Gasteiger partial charge in [0.05, 0.1) is 5.92 Å². The quantitative estimate of drug-likeness (QED) is 0.918. The van der Waals surface area contributed by atoms with E-state index in [0.717, 1.165) is 12.1 Å². The second-order valence-corrected chi connectivity index (χ2v) is 4.94. The average molecular weight is 299 g/mol. The SMILES string of the molecule is CC(Oc1ccc(F)c(F)c1)C(=O)N1CCC(C(=O)O)C1. The van der Waals surface area contributed by atoms with E-state index in [1.54, 1.807) is 0 Å². The van der Waals surface area contributed by atoms with Gasteiger partial charge in [-0.2, -0.15) is 0 Å². The van der Waals surface area contributed by atoms with Crippen LogP contribution in [-0.4, -0.2) is 41.1 Å². The molecule has 1 saturated heterocycles. The number of ether oxygens (including phenoxy) is 1. The van der Waals surface area contributed by atoms with Gasteiger partial charge < -0.3 is 14.7 Å². The third kappa shape index (κ3) is 3.48. The lowest BCUT2D eigenvalue weighted by atomic mass is 10.1. The van der Waals surface area contributed by atoms with Gasteiger partial charge in [0.1, 0.15) is 5.75 Å². The third-order valence-electron chi connectivity index (χ3n) is 3.40. The van der Waals surface area contributed by atoms with Crippen LogP contribution in [0.2, 0.25) is 0 Å². The van der Waals surface area contributed by atoms with Gasteiger partial charge in [0, 0.05) is 19.2 Å². The van der Waals surface area contributed by atoms with Gasteiger partial charge >= 0.3 is 5.97 Å². The average Bonchev–Trinajstić information content (AvgIpc) is 2.92. The maximum Gasteiger partial charge on any atom is 0.308 e. The Bertz CT molecular complexity index is 564. The van der Waals surface area contributed by atoms with E-state index in [-0.39, 0.29) is 18.2 Å². The summed E-state index contributed by atoms with van der Waals surface area (Å²) < 4.78 is 31.1. The number of likely N-dealkylation sites (tertiary alicyclic amines) is 1. The van der Waals surface area contributed by atoms with Gasteiger partial charge in [-0.1, -0.05) is 0 Å². The summed E-state index contributed by atoms with van der Waals surface area (Å²) in [4.78, 5) is 24.4. The van der Waals surface area contributed by atoms with E-state index >= 15 is 0 Å². The zero-order chi connectivity index (χ0) is 15.6. The van der Waals surface area contributed by atoms with Crippen LogP contribution in [0.25, 0.3) is 0 Å². The molecule has 1 fully saturated rings. The first-order valence-electron chi connectivity index (χ1n) is 6.51. The Balaban J connectivity index is 1.96. The third-order valence-corrected chi connectivity index (χ3v) is 3.40. The van der Waals surface area contributed by atoms with Gasteiger partial charge in [0.15, 0.2) is 17.7 Å². The van der Waals surface area contributed by atoms with E-state index in [9.17, 15) is 18.4 Å². The maximum absolute atomic E-state index is 13.1. The van der Waals surface area contributed by atoms with Gasteiger partial charge in [-0.15, -0.1) is 0 Å². The maximum atomic E-state index is 13.1. The van der Waals surface area contributed by atoms with Crippen LogP contribution in [0.15, 0.2) is 18.2 Å². The summed E-state index contributed by atoms with van der Waals surface area (Å²) >= 11 is 0. The van der Waals surface area contributed by atoms with E-state index in [2.05, 4.69) is 0 Å². The lowest BCUT2D eigenvalue weighted by Gasteiger charge is -2.21. The summed E-state index contributed by atoms with van der Waals surface area (Å²) in [6.07, 6.45) is -0.499. The molecule has 1 heterocycles. The second-order valence-electron chi connectivity index (χ2n) is 4.94. The number of benzene rings is 1. The van der Waals surface area contributed by atoms with Gasteiger partial charge in [-0.25, -0.2) is 8.78 Å². The van der Waals surface area contributed by atoms with E-state index < -0.39 is 29.6 Å². The number of nitrogens with zero attached hydrogens (tertiary/aromatic N) is 1. The van der Waals surface area contributed by atoms with Crippen LogP contribution in [-0.2, 0) is 9.59 Å². The summed E-state index contributed by atoms with van der Waals surface area (Å²) in [6.45, 7) is 1.97. The summed E-state index contributed by atoms with van der Waals surface area (Å²) in [7, 11) is 0. The first kappa shape index (κ1) is 15.2. The minimum atomic E-state index is -1.06. The first-order valence-corrected chi connectivity index (χ1v) is 6.51. The molecule has 0 radical (unpaired) electrons. The van der Waals surface area contributed by atoms with Crippen molar-refractivity contribution in [2.45, 2.75) is 19.4 Å².